The molecule has 0 fully saturated rings. The first kappa shape index (κ1) is 15.8. The fraction of sp³-hybridized carbons (Fsp3) is 0. The van der Waals surface area contributed by atoms with Crippen LogP contribution in [0, 0.1) is 0 Å². The molecule has 1 aromatic heterocycles. The fourth-order valence-corrected chi connectivity index (χ4v) is 2.68. The van der Waals surface area contributed by atoms with Crippen LogP contribution in [0.2, 0.25) is 0 Å². The van der Waals surface area contributed by atoms with Gasteiger partial charge < -0.3 is 10.1 Å². The molecule has 1 heterocycles. The SMILES string of the molecule is O=C(Nc1ccc(Oc2cccnc2)cc1)c1ccc2ccccc2c1. The van der Waals surface area contributed by atoms with Crippen LogP contribution in [0.25, 0.3) is 10.8 Å². The van der Waals surface area contributed by atoms with E-state index >= 15 is 0 Å². The lowest BCUT2D eigenvalue weighted by Crippen LogP contribution is -2.11. The van der Waals surface area contributed by atoms with Crippen LogP contribution in [0.5, 0.6) is 11.5 Å². The highest BCUT2D eigenvalue weighted by atomic mass is 16.5. The van der Waals surface area contributed by atoms with Crippen molar-refractivity contribution in [3.8, 4) is 11.5 Å². The number of carbonyl (C=O) groups is 1. The summed E-state index contributed by atoms with van der Waals surface area (Å²) >= 11 is 0. The highest BCUT2D eigenvalue weighted by molar-refractivity contribution is 6.06. The Morgan fingerprint density at radius 1 is 0.808 bits per heavy atom. The summed E-state index contributed by atoms with van der Waals surface area (Å²) in [5.74, 6) is 1.21. The first-order valence-corrected chi connectivity index (χ1v) is 8.26. The van der Waals surface area contributed by atoms with Crippen molar-refractivity contribution in [2.45, 2.75) is 0 Å². The van der Waals surface area contributed by atoms with Crippen LogP contribution < -0.4 is 10.1 Å². The minimum absolute atomic E-state index is 0.142. The Hall–Kier alpha value is -3.66. The Bertz CT molecular complexity index is 1040. The first-order valence-electron chi connectivity index (χ1n) is 8.26. The predicted molar refractivity (Wildman–Crippen MR) is 103 cm³/mol. The molecule has 4 nitrogen and oxygen atoms in total. The molecule has 26 heavy (non-hydrogen) atoms. The number of nitrogens with one attached hydrogen (secondary N) is 1. The van der Waals surface area contributed by atoms with Crippen molar-refractivity contribution in [1.82, 2.24) is 4.98 Å². The second kappa shape index (κ2) is 7.07. The van der Waals surface area contributed by atoms with Gasteiger partial charge in [-0.1, -0.05) is 30.3 Å². The van der Waals surface area contributed by atoms with Crippen LogP contribution in [0.1, 0.15) is 10.4 Å². The summed E-state index contributed by atoms with van der Waals surface area (Å²) in [7, 11) is 0. The quantitative estimate of drug-likeness (QED) is 0.550. The van der Waals surface area contributed by atoms with Crippen molar-refractivity contribution in [3.05, 3.63) is 96.8 Å². The van der Waals surface area contributed by atoms with Crippen molar-refractivity contribution >= 4 is 22.4 Å². The van der Waals surface area contributed by atoms with Gasteiger partial charge in [0.1, 0.15) is 11.5 Å². The second-order valence-electron chi connectivity index (χ2n) is 5.83. The highest BCUT2D eigenvalue weighted by Crippen LogP contribution is 2.23. The Balaban J connectivity index is 1.46. The van der Waals surface area contributed by atoms with Crippen LogP contribution in [0.15, 0.2) is 91.3 Å². The number of benzene rings is 3. The van der Waals surface area contributed by atoms with Gasteiger partial charge in [0.2, 0.25) is 0 Å². The Labute approximate surface area is 151 Å². The van der Waals surface area contributed by atoms with Gasteiger partial charge in [-0.2, -0.15) is 0 Å². The summed E-state index contributed by atoms with van der Waals surface area (Å²) in [5, 5.41) is 5.06. The van der Waals surface area contributed by atoms with Crippen molar-refractivity contribution in [1.29, 1.82) is 0 Å². The molecule has 3 aromatic carbocycles. The minimum Gasteiger partial charge on any atom is -0.456 e. The smallest absolute Gasteiger partial charge is 0.255 e. The molecule has 0 aliphatic rings. The molecule has 0 atom stereocenters. The van der Waals surface area contributed by atoms with E-state index in [-0.39, 0.29) is 5.91 Å². The fourth-order valence-electron chi connectivity index (χ4n) is 2.68. The third kappa shape index (κ3) is 3.54. The largest absolute Gasteiger partial charge is 0.456 e. The molecule has 0 saturated heterocycles. The number of nitrogens with zero attached hydrogens (tertiary/aromatic N) is 1. The van der Waals surface area contributed by atoms with Crippen molar-refractivity contribution < 1.29 is 9.53 Å². The molecule has 1 N–H and O–H groups in total. The molecular formula is C22H16N2O2. The maximum absolute atomic E-state index is 12.5. The zero-order valence-corrected chi connectivity index (χ0v) is 13.9. The molecule has 126 valence electrons. The number of carbonyl (C=O) groups excluding carboxylic acids is 1. The normalized spacial score (nSPS) is 10.5. The van der Waals surface area contributed by atoms with Gasteiger partial charge in [0.05, 0.1) is 6.20 Å². The Kier molecular flexibility index (Phi) is 4.31. The maximum Gasteiger partial charge on any atom is 0.255 e. The summed E-state index contributed by atoms with van der Waals surface area (Å²) in [6.07, 6.45) is 3.34. The molecule has 0 spiro atoms. The van der Waals surface area contributed by atoms with Crippen molar-refractivity contribution in [2.24, 2.45) is 0 Å². The zero-order valence-electron chi connectivity index (χ0n) is 13.9. The van der Waals surface area contributed by atoms with E-state index in [4.69, 9.17) is 4.74 Å². The number of pyridine rings is 1. The predicted octanol–water partition coefficient (Wildman–Crippen LogP) is 5.28. The van der Waals surface area contributed by atoms with E-state index in [1.165, 1.54) is 0 Å². The molecule has 4 rings (SSSR count). The highest BCUT2D eigenvalue weighted by Gasteiger charge is 2.07. The Morgan fingerprint density at radius 2 is 1.62 bits per heavy atom. The third-order valence-corrected chi connectivity index (χ3v) is 3.99. The summed E-state index contributed by atoms with van der Waals surface area (Å²) in [6, 6.07) is 24.5. The molecule has 0 bridgehead atoms. The molecule has 0 saturated carbocycles. The van der Waals surface area contributed by atoms with Gasteiger partial charge in [-0.3, -0.25) is 9.78 Å². The monoisotopic (exact) mass is 340 g/mol. The van der Waals surface area contributed by atoms with Gasteiger partial charge in [-0.25, -0.2) is 0 Å². The molecule has 0 aliphatic heterocycles. The number of hydrogen-bond acceptors (Lipinski definition) is 3. The standard InChI is InChI=1S/C22H16N2O2/c25-22(18-8-7-16-4-1-2-5-17(16)14-18)24-19-9-11-20(12-10-19)26-21-6-3-13-23-15-21/h1-15H,(H,24,25). The minimum atomic E-state index is -0.142. The number of ether oxygens (including phenoxy) is 1. The summed E-state index contributed by atoms with van der Waals surface area (Å²) in [6.45, 7) is 0. The van der Waals surface area contributed by atoms with Crippen molar-refractivity contribution in [3.63, 3.8) is 0 Å². The average molecular weight is 340 g/mol. The first-order chi connectivity index (χ1) is 12.8. The van der Waals surface area contributed by atoms with Gasteiger partial charge >= 0.3 is 0 Å². The number of aromatic nitrogens is 1. The third-order valence-electron chi connectivity index (χ3n) is 3.99. The second-order valence-corrected chi connectivity index (χ2v) is 5.83. The van der Waals surface area contributed by atoms with Crippen molar-refractivity contribution in [2.75, 3.05) is 5.32 Å². The molecule has 1 amide bonds. The maximum atomic E-state index is 12.5. The molecule has 4 heteroatoms. The van der Waals surface area contributed by atoms with Crippen LogP contribution in [-0.4, -0.2) is 10.9 Å². The summed E-state index contributed by atoms with van der Waals surface area (Å²) < 4.78 is 5.70. The number of amides is 1. The molecule has 0 unspecified atom stereocenters. The van der Waals surface area contributed by atoms with E-state index in [9.17, 15) is 4.79 Å². The van der Waals surface area contributed by atoms with Crippen LogP contribution in [0.4, 0.5) is 5.69 Å². The number of anilines is 1. The van der Waals surface area contributed by atoms with Gasteiger partial charge in [-0.05, 0) is 59.3 Å². The van der Waals surface area contributed by atoms with Gasteiger partial charge in [0.25, 0.3) is 5.91 Å². The van der Waals surface area contributed by atoms with Gasteiger partial charge in [-0.15, -0.1) is 0 Å². The summed E-state index contributed by atoms with van der Waals surface area (Å²) in [5.41, 5.74) is 1.33. The van der Waals surface area contributed by atoms with Crippen LogP contribution in [-0.2, 0) is 0 Å². The van der Waals surface area contributed by atoms with E-state index < -0.39 is 0 Å². The molecule has 0 radical (unpaired) electrons. The zero-order chi connectivity index (χ0) is 17.8. The van der Waals surface area contributed by atoms with E-state index in [0.29, 0.717) is 22.7 Å². The average Bonchev–Trinajstić information content (AvgIpc) is 2.70. The molecule has 0 aliphatic carbocycles. The topological polar surface area (TPSA) is 51.2 Å². The Morgan fingerprint density at radius 3 is 2.38 bits per heavy atom. The van der Waals surface area contributed by atoms with Crippen LogP contribution in [0.3, 0.4) is 0 Å². The molecular weight excluding hydrogens is 324 g/mol. The number of rotatable bonds is 4. The van der Waals surface area contributed by atoms with Gasteiger partial charge in [0, 0.05) is 17.4 Å². The number of fused-ring (bicyclic) bond motifs is 1. The van der Waals surface area contributed by atoms with E-state index in [2.05, 4.69) is 10.3 Å². The van der Waals surface area contributed by atoms with Crippen LogP contribution >= 0.6 is 0 Å². The lowest BCUT2D eigenvalue weighted by atomic mass is 10.1. The summed E-state index contributed by atoms with van der Waals surface area (Å²) in [4.78, 5) is 16.5. The number of hydrogen-bond donors (Lipinski definition) is 1. The van der Waals surface area contributed by atoms with Gasteiger partial charge in [0.15, 0.2) is 0 Å². The van der Waals surface area contributed by atoms with E-state index in [1.807, 2.05) is 78.9 Å². The lowest BCUT2D eigenvalue weighted by molar-refractivity contribution is 0.102. The van der Waals surface area contributed by atoms with E-state index in [1.54, 1.807) is 12.4 Å². The molecule has 4 aromatic rings. The lowest BCUT2D eigenvalue weighted by Gasteiger charge is -2.08. The van der Waals surface area contributed by atoms with E-state index in [0.717, 1.165) is 10.8 Å².